The highest BCUT2D eigenvalue weighted by molar-refractivity contribution is 5.70. The van der Waals surface area contributed by atoms with Crippen molar-refractivity contribution in [2.75, 3.05) is 32.8 Å². The zero-order valence-corrected chi connectivity index (χ0v) is 13.6. The maximum atomic E-state index is 11.5. The lowest BCUT2D eigenvalue weighted by molar-refractivity contribution is -0.148. The van der Waals surface area contributed by atoms with Crippen molar-refractivity contribution in [2.45, 2.75) is 52.7 Å². The minimum absolute atomic E-state index is 0.0560. The van der Waals surface area contributed by atoms with Crippen LogP contribution >= 0.6 is 0 Å². The molecule has 1 heterocycles. The van der Waals surface area contributed by atoms with E-state index in [1.54, 1.807) is 0 Å². The van der Waals surface area contributed by atoms with Crippen LogP contribution in [0.3, 0.4) is 0 Å². The van der Waals surface area contributed by atoms with Gasteiger partial charge in [-0.2, -0.15) is 0 Å². The molecule has 1 aliphatic heterocycles. The summed E-state index contributed by atoms with van der Waals surface area (Å²) in [7, 11) is 0. The molecule has 0 aromatic rings. The molecule has 0 amide bonds. The van der Waals surface area contributed by atoms with Crippen LogP contribution in [0.5, 0.6) is 0 Å². The third-order valence-corrected chi connectivity index (χ3v) is 3.13. The molecule has 0 bridgehead atoms. The van der Waals surface area contributed by atoms with Gasteiger partial charge < -0.3 is 9.47 Å². The molecule has 1 saturated heterocycles. The molecule has 1 aliphatic rings. The Morgan fingerprint density at radius 1 is 0.857 bits per heavy atom. The van der Waals surface area contributed by atoms with Gasteiger partial charge in [0, 0.05) is 26.2 Å². The van der Waals surface area contributed by atoms with Crippen LogP contribution in [-0.4, -0.2) is 66.8 Å². The molecule has 0 unspecified atom stereocenters. The summed E-state index contributed by atoms with van der Waals surface area (Å²) < 4.78 is 10.2. The number of hydrogen-bond acceptors (Lipinski definition) is 6. The molecule has 21 heavy (non-hydrogen) atoms. The molecule has 0 aromatic carbocycles. The van der Waals surface area contributed by atoms with Crippen LogP contribution in [0.25, 0.3) is 0 Å². The summed E-state index contributed by atoms with van der Waals surface area (Å²) in [4.78, 5) is 27.4. The number of rotatable bonds is 8. The smallest absolute Gasteiger partial charge is 0.307 e. The van der Waals surface area contributed by atoms with E-state index >= 15 is 0 Å². The van der Waals surface area contributed by atoms with E-state index in [9.17, 15) is 9.59 Å². The molecule has 1 fully saturated rings. The highest BCUT2D eigenvalue weighted by Crippen LogP contribution is 2.07. The number of hydrogen-bond donors (Lipinski definition) is 0. The quantitative estimate of drug-likeness (QED) is 0.629. The second-order valence-corrected chi connectivity index (χ2v) is 5.95. The number of nitrogens with zero attached hydrogens (tertiary/aromatic N) is 2. The highest BCUT2D eigenvalue weighted by atomic mass is 16.5. The second kappa shape index (κ2) is 9.00. The standard InChI is InChI=1S/C15H28N2O4/c1-12(2)20-14(18)5-7-16-9-10-17(11-16)8-6-15(19)21-13(3)4/h12-13H,5-11H2,1-4H3. The molecule has 0 atom stereocenters. The van der Waals surface area contributed by atoms with Gasteiger partial charge in [-0.25, -0.2) is 0 Å². The molecule has 0 aliphatic carbocycles. The largest absolute Gasteiger partial charge is 0.463 e. The van der Waals surface area contributed by atoms with Gasteiger partial charge in [0.05, 0.1) is 31.7 Å². The van der Waals surface area contributed by atoms with Crippen LogP contribution in [0.15, 0.2) is 0 Å². The topological polar surface area (TPSA) is 59.1 Å². The number of carbonyl (C=O) groups excluding carboxylic acids is 2. The van der Waals surface area contributed by atoms with Crippen molar-refractivity contribution in [1.29, 1.82) is 0 Å². The van der Waals surface area contributed by atoms with Crippen molar-refractivity contribution in [3.8, 4) is 0 Å². The molecule has 6 heteroatoms. The van der Waals surface area contributed by atoms with E-state index in [-0.39, 0.29) is 24.1 Å². The molecule has 0 spiro atoms. The molecule has 0 N–H and O–H groups in total. The van der Waals surface area contributed by atoms with Crippen LogP contribution in [-0.2, 0) is 19.1 Å². The van der Waals surface area contributed by atoms with Gasteiger partial charge in [-0.05, 0) is 27.7 Å². The Morgan fingerprint density at radius 2 is 1.24 bits per heavy atom. The zero-order valence-electron chi connectivity index (χ0n) is 13.6. The summed E-state index contributed by atoms with van der Waals surface area (Å²) in [5, 5.41) is 0. The fourth-order valence-corrected chi connectivity index (χ4v) is 2.21. The summed E-state index contributed by atoms with van der Waals surface area (Å²) >= 11 is 0. The zero-order chi connectivity index (χ0) is 15.8. The first-order valence-corrected chi connectivity index (χ1v) is 7.70. The molecule has 0 radical (unpaired) electrons. The van der Waals surface area contributed by atoms with E-state index in [1.807, 2.05) is 27.7 Å². The Balaban J connectivity index is 2.15. The maximum Gasteiger partial charge on any atom is 0.307 e. The van der Waals surface area contributed by atoms with Gasteiger partial charge in [-0.3, -0.25) is 19.4 Å². The van der Waals surface area contributed by atoms with E-state index in [0.717, 1.165) is 19.8 Å². The van der Waals surface area contributed by atoms with Crippen LogP contribution in [0.4, 0.5) is 0 Å². The monoisotopic (exact) mass is 300 g/mol. The van der Waals surface area contributed by atoms with E-state index in [4.69, 9.17) is 9.47 Å². The lowest BCUT2D eigenvalue weighted by Gasteiger charge is -2.18. The van der Waals surface area contributed by atoms with Crippen LogP contribution in [0.2, 0.25) is 0 Å². The first-order valence-electron chi connectivity index (χ1n) is 7.70. The van der Waals surface area contributed by atoms with Crippen LogP contribution in [0, 0.1) is 0 Å². The van der Waals surface area contributed by atoms with Crippen LogP contribution < -0.4 is 0 Å². The fourth-order valence-electron chi connectivity index (χ4n) is 2.21. The molecule has 122 valence electrons. The molecule has 1 rings (SSSR count). The maximum absolute atomic E-state index is 11.5. The van der Waals surface area contributed by atoms with Gasteiger partial charge in [0.1, 0.15) is 0 Å². The van der Waals surface area contributed by atoms with E-state index in [0.29, 0.717) is 25.9 Å². The van der Waals surface area contributed by atoms with Crippen molar-refractivity contribution in [1.82, 2.24) is 9.80 Å². The molecule has 0 aromatic heterocycles. The van der Waals surface area contributed by atoms with Crippen molar-refractivity contribution in [3.63, 3.8) is 0 Å². The summed E-state index contributed by atoms with van der Waals surface area (Å²) in [6, 6.07) is 0. The van der Waals surface area contributed by atoms with Gasteiger partial charge in [-0.1, -0.05) is 0 Å². The Labute approximate surface area is 127 Å². The predicted octanol–water partition coefficient (Wildman–Crippen LogP) is 1.24. The third-order valence-electron chi connectivity index (χ3n) is 3.13. The van der Waals surface area contributed by atoms with E-state index < -0.39 is 0 Å². The first kappa shape index (κ1) is 17.9. The van der Waals surface area contributed by atoms with Crippen molar-refractivity contribution in [3.05, 3.63) is 0 Å². The lowest BCUT2D eigenvalue weighted by Crippen LogP contribution is -2.29. The van der Waals surface area contributed by atoms with Gasteiger partial charge >= 0.3 is 11.9 Å². The Bertz CT molecular complexity index is 313. The Morgan fingerprint density at radius 3 is 1.57 bits per heavy atom. The minimum Gasteiger partial charge on any atom is -0.463 e. The van der Waals surface area contributed by atoms with E-state index in [1.165, 1.54) is 0 Å². The summed E-state index contributed by atoms with van der Waals surface area (Å²) in [6.07, 6.45) is 0.724. The lowest BCUT2D eigenvalue weighted by atomic mass is 10.4. The van der Waals surface area contributed by atoms with Crippen LogP contribution in [0.1, 0.15) is 40.5 Å². The average molecular weight is 300 g/mol. The van der Waals surface area contributed by atoms with Gasteiger partial charge in [0.2, 0.25) is 0 Å². The predicted molar refractivity (Wildman–Crippen MR) is 79.7 cm³/mol. The summed E-state index contributed by atoms with van der Waals surface area (Å²) in [5.41, 5.74) is 0. The number of ether oxygens (including phenoxy) is 2. The van der Waals surface area contributed by atoms with Crippen molar-refractivity contribution < 1.29 is 19.1 Å². The molecule has 0 saturated carbocycles. The fraction of sp³-hybridized carbons (Fsp3) is 0.867. The SMILES string of the molecule is CC(C)OC(=O)CCN1CCN(CCC(=O)OC(C)C)C1. The normalized spacial score (nSPS) is 16.7. The molecular weight excluding hydrogens is 272 g/mol. The summed E-state index contributed by atoms with van der Waals surface area (Å²) in [6.45, 7) is 11.5. The first-order chi connectivity index (χ1) is 9.86. The minimum atomic E-state index is -0.149. The number of carbonyl (C=O) groups is 2. The molecular formula is C15H28N2O4. The third kappa shape index (κ3) is 8.02. The van der Waals surface area contributed by atoms with Crippen molar-refractivity contribution in [2.24, 2.45) is 0 Å². The van der Waals surface area contributed by atoms with E-state index in [2.05, 4.69) is 9.80 Å². The number of esters is 2. The second-order valence-electron chi connectivity index (χ2n) is 5.95. The Hall–Kier alpha value is -1.14. The van der Waals surface area contributed by atoms with Gasteiger partial charge in [-0.15, -0.1) is 0 Å². The summed E-state index contributed by atoms with van der Waals surface area (Å²) in [5.74, 6) is -0.298. The Kier molecular flexibility index (Phi) is 7.67. The molecule has 6 nitrogen and oxygen atoms in total. The highest BCUT2D eigenvalue weighted by Gasteiger charge is 2.21. The van der Waals surface area contributed by atoms with Gasteiger partial charge in [0.25, 0.3) is 0 Å². The van der Waals surface area contributed by atoms with Crippen molar-refractivity contribution >= 4 is 11.9 Å². The van der Waals surface area contributed by atoms with Gasteiger partial charge in [0.15, 0.2) is 0 Å². The average Bonchev–Trinajstić information content (AvgIpc) is 2.80.